The number of hydrogen-bond donors (Lipinski definition) is 0. The van der Waals surface area contributed by atoms with Crippen LogP contribution in [0.5, 0.6) is 17.2 Å². The minimum Gasteiger partial charge on any atom is -0.494 e. The van der Waals surface area contributed by atoms with Gasteiger partial charge in [0.15, 0.2) is 11.6 Å². The highest BCUT2D eigenvalue weighted by molar-refractivity contribution is 5.40. The van der Waals surface area contributed by atoms with Crippen LogP contribution in [0.2, 0.25) is 0 Å². The zero-order valence-electron chi connectivity index (χ0n) is 11.0. The maximum Gasteiger partial charge on any atom is 0.165 e. The molecular weight excluding hydrogens is 257 g/mol. The van der Waals surface area contributed by atoms with Crippen molar-refractivity contribution < 1.29 is 13.9 Å². The Bertz CT molecular complexity index is 617. The summed E-state index contributed by atoms with van der Waals surface area (Å²) in [6, 6.07) is 13.1. The van der Waals surface area contributed by atoms with Crippen LogP contribution in [0, 0.1) is 23.6 Å². The summed E-state index contributed by atoms with van der Waals surface area (Å²) in [6.45, 7) is 2.48. The van der Waals surface area contributed by atoms with Crippen molar-refractivity contribution in [3.63, 3.8) is 0 Å². The lowest BCUT2D eigenvalue weighted by Gasteiger charge is -2.09. The quantitative estimate of drug-likeness (QED) is 0.821. The van der Waals surface area contributed by atoms with Gasteiger partial charge < -0.3 is 9.47 Å². The van der Waals surface area contributed by atoms with E-state index >= 15 is 0 Å². The van der Waals surface area contributed by atoms with Crippen LogP contribution in [0.1, 0.15) is 12.5 Å². The van der Waals surface area contributed by atoms with Gasteiger partial charge in [0.1, 0.15) is 11.5 Å². The van der Waals surface area contributed by atoms with Gasteiger partial charge in [0.2, 0.25) is 0 Å². The molecule has 0 fully saturated rings. The molecule has 2 aromatic rings. The number of rotatable bonds is 5. The predicted octanol–water partition coefficient (Wildman–Crippen LogP) is 4.09. The molecule has 0 aliphatic carbocycles. The van der Waals surface area contributed by atoms with Crippen molar-refractivity contribution in [2.75, 3.05) is 6.61 Å². The van der Waals surface area contributed by atoms with Crippen LogP contribution >= 0.6 is 0 Å². The fourth-order valence-electron chi connectivity index (χ4n) is 1.66. The molecule has 0 aliphatic heterocycles. The Kier molecular flexibility index (Phi) is 4.56. The van der Waals surface area contributed by atoms with Crippen molar-refractivity contribution in [3.05, 3.63) is 60.3 Å². The number of ether oxygens (including phenoxy) is 2. The SMILES string of the molecule is CCOc1ccc(Oc2cc([CH]C#N)ccc2F)cc1. The first-order chi connectivity index (χ1) is 9.72. The van der Waals surface area contributed by atoms with Crippen molar-refractivity contribution in [2.24, 2.45) is 0 Å². The van der Waals surface area contributed by atoms with Gasteiger partial charge in [-0.15, -0.1) is 0 Å². The van der Waals surface area contributed by atoms with E-state index in [4.69, 9.17) is 14.7 Å². The van der Waals surface area contributed by atoms with E-state index in [9.17, 15) is 4.39 Å². The van der Waals surface area contributed by atoms with Crippen molar-refractivity contribution in [1.29, 1.82) is 5.26 Å². The Morgan fingerprint density at radius 2 is 1.85 bits per heavy atom. The van der Waals surface area contributed by atoms with Gasteiger partial charge in [-0.25, -0.2) is 4.39 Å². The maximum absolute atomic E-state index is 13.6. The second-order valence-corrected chi connectivity index (χ2v) is 3.97. The van der Waals surface area contributed by atoms with Crippen LogP contribution in [-0.4, -0.2) is 6.61 Å². The predicted molar refractivity (Wildman–Crippen MR) is 73.1 cm³/mol. The highest BCUT2D eigenvalue weighted by Crippen LogP contribution is 2.27. The maximum atomic E-state index is 13.6. The molecule has 0 amide bonds. The van der Waals surface area contributed by atoms with Crippen LogP contribution in [0.15, 0.2) is 42.5 Å². The van der Waals surface area contributed by atoms with Crippen LogP contribution in [-0.2, 0) is 0 Å². The summed E-state index contributed by atoms with van der Waals surface area (Å²) in [5.74, 6) is 0.834. The van der Waals surface area contributed by atoms with E-state index in [0.29, 0.717) is 17.9 Å². The largest absolute Gasteiger partial charge is 0.494 e. The van der Waals surface area contributed by atoms with Gasteiger partial charge in [-0.05, 0) is 48.9 Å². The third-order valence-electron chi connectivity index (χ3n) is 2.55. The van der Waals surface area contributed by atoms with Gasteiger partial charge in [-0.1, -0.05) is 6.07 Å². The van der Waals surface area contributed by atoms with Gasteiger partial charge in [-0.2, -0.15) is 5.26 Å². The minimum atomic E-state index is -0.478. The van der Waals surface area contributed by atoms with Gasteiger partial charge in [-0.3, -0.25) is 0 Å². The second-order valence-electron chi connectivity index (χ2n) is 3.97. The van der Waals surface area contributed by atoms with Gasteiger partial charge in [0, 0.05) is 0 Å². The second kappa shape index (κ2) is 6.58. The van der Waals surface area contributed by atoms with E-state index in [1.807, 2.05) is 13.0 Å². The van der Waals surface area contributed by atoms with E-state index in [1.54, 1.807) is 24.3 Å². The molecule has 0 heterocycles. The lowest BCUT2D eigenvalue weighted by molar-refractivity contribution is 0.339. The average molecular weight is 270 g/mol. The number of nitriles is 1. The molecule has 0 unspecified atom stereocenters. The molecule has 1 radical (unpaired) electrons. The number of benzene rings is 2. The molecule has 101 valence electrons. The third-order valence-corrected chi connectivity index (χ3v) is 2.55. The Labute approximate surface area is 117 Å². The Hall–Kier alpha value is -2.54. The van der Waals surface area contributed by atoms with Crippen LogP contribution in [0.3, 0.4) is 0 Å². The highest BCUT2D eigenvalue weighted by atomic mass is 19.1. The van der Waals surface area contributed by atoms with E-state index in [-0.39, 0.29) is 5.75 Å². The van der Waals surface area contributed by atoms with E-state index in [0.717, 1.165) is 5.75 Å². The topological polar surface area (TPSA) is 42.2 Å². The average Bonchev–Trinajstić information content (AvgIpc) is 2.45. The Morgan fingerprint density at radius 3 is 2.50 bits per heavy atom. The molecule has 0 aliphatic rings. The molecule has 0 N–H and O–H groups in total. The smallest absolute Gasteiger partial charge is 0.165 e. The number of nitrogens with zero attached hydrogens (tertiary/aromatic N) is 1. The summed E-state index contributed by atoms with van der Waals surface area (Å²) >= 11 is 0. The first-order valence-corrected chi connectivity index (χ1v) is 6.16. The summed E-state index contributed by atoms with van der Waals surface area (Å²) in [7, 11) is 0. The van der Waals surface area contributed by atoms with Gasteiger partial charge in [0.05, 0.1) is 19.1 Å². The molecule has 3 nitrogen and oxygen atoms in total. The highest BCUT2D eigenvalue weighted by Gasteiger charge is 2.07. The minimum absolute atomic E-state index is 0.0816. The van der Waals surface area contributed by atoms with Gasteiger partial charge in [0.25, 0.3) is 0 Å². The van der Waals surface area contributed by atoms with Crippen molar-refractivity contribution >= 4 is 0 Å². The summed E-state index contributed by atoms with van der Waals surface area (Å²) in [4.78, 5) is 0. The zero-order valence-corrected chi connectivity index (χ0v) is 11.0. The first kappa shape index (κ1) is 13.9. The number of halogens is 1. The van der Waals surface area contributed by atoms with Gasteiger partial charge >= 0.3 is 0 Å². The molecular formula is C16H13FNO2. The fourth-order valence-corrected chi connectivity index (χ4v) is 1.66. The standard InChI is InChI=1S/C16H13FNO2/c1-2-19-13-4-6-14(7-5-13)20-16-11-12(9-10-18)3-8-15(16)17/h3-9,11H,2H2,1H3. The van der Waals surface area contributed by atoms with Crippen molar-refractivity contribution in [2.45, 2.75) is 6.92 Å². The summed E-state index contributed by atoms with van der Waals surface area (Å²) in [5, 5.41) is 8.60. The molecule has 2 aromatic carbocycles. The molecule has 0 aromatic heterocycles. The lowest BCUT2D eigenvalue weighted by Crippen LogP contribution is -1.92. The molecule has 20 heavy (non-hydrogen) atoms. The Morgan fingerprint density at radius 1 is 1.15 bits per heavy atom. The van der Waals surface area contributed by atoms with Crippen LogP contribution in [0.4, 0.5) is 4.39 Å². The van der Waals surface area contributed by atoms with E-state index in [1.165, 1.54) is 24.6 Å². The lowest BCUT2D eigenvalue weighted by atomic mass is 10.1. The fraction of sp³-hybridized carbons (Fsp3) is 0.125. The number of hydrogen-bond acceptors (Lipinski definition) is 3. The molecule has 0 bridgehead atoms. The molecule has 2 rings (SSSR count). The zero-order chi connectivity index (χ0) is 14.4. The summed E-state index contributed by atoms with van der Waals surface area (Å²) < 4.78 is 24.4. The monoisotopic (exact) mass is 270 g/mol. The summed E-state index contributed by atoms with van der Waals surface area (Å²) in [6.07, 6.45) is 1.32. The Balaban J connectivity index is 2.16. The molecule has 0 saturated carbocycles. The molecule has 0 spiro atoms. The van der Waals surface area contributed by atoms with Crippen LogP contribution in [0.25, 0.3) is 0 Å². The van der Waals surface area contributed by atoms with E-state index in [2.05, 4.69) is 0 Å². The molecule has 0 saturated heterocycles. The molecule has 0 atom stereocenters. The van der Waals surface area contributed by atoms with Crippen LogP contribution < -0.4 is 9.47 Å². The third kappa shape index (κ3) is 3.48. The van der Waals surface area contributed by atoms with Crippen molar-refractivity contribution in [3.8, 4) is 23.3 Å². The molecule has 4 heteroatoms. The van der Waals surface area contributed by atoms with E-state index < -0.39 is 5.82 Å². The summed E-state index contributed by atoms with van der Waals surface area (Å²) in [5.41, 5.74) is 0.592. The van der Waals surface area contributed by atoms with Crippen molar-refractivity contribution in [1.82, 2.24) is 0 Å². The first-order valence-electron chi connectivity index (χ1n) is 6.16. The normalized spacial score (nSPS) is 9.85.